The highest BCUT2D eigenvalue weighted by molar-refractivity contribution is 7.90. The number of hydrogen-bond acceptors (Lipinski definition) is 5. The minimum absolute atomic E-state index is 0.00732. The molecule has 6 nitrogen and oxygen atoms in total. The highest BCUT2D eigenvalue weighted by atomic mass is 35.5. The van der Waals surface area contributed by atoms with Crippen LogP contribution in [0, 0.1) is 0 Å². The van der Waals surface area contributed by atoms with Crippen LogP contribution in [0.2, 0.25) is 0 Å². The second-order valence-electron chi connectivity index (χ2n) is 6.41. The van der Waals surface area contributed by atoms with E-state index in [2.05, 4.69) is 45.8 Å². The summed E-state index contributed by atoms with van der Waals surface area (Å²) >= 11 is 5.51. The molecule has 0 aromatic heterocycles. The molecule has 0 saturated carbocycles. The number of nitrogens with one attached hydrogen (secondary N) is 1. The zero-order valence-electron chi connectivity index (χ0n) is 14.6. The number of alkyl halides is 1. The first-order valence-corrected chi connectivity index (χ1v) is 10.2. The fourth-order valence-electron chi connectivity index (χ4n) is 2.83. The number of sulfonamides is 1. The van der Waals surface area contributed by atoms with Crippen molar-refractivity contribution in [3.63, 3.8) is 0 Å². The van der Waals surface area contributed by atoms with Gasteiger partial charge in [0.2, 0.25) is 10.0 Å². The highest BCUT2D eigenvalue weighted by Crippen LogP contribution is 2.24. The molecule has 0 radical (unpaired) electrons. The fraction of sp³-hybridized carbons (Fsp3) is 0.625. The summed E-state index contributed by atoms with van der Waals surface area (Å²) in [5.74, 6) is 0. The monoisotopic (exact) mass is 374 g/mol. The zero-order valence-corrected chi connectivity index (χ0v) is 16.1. The molecule has 0 unspecified atom stereocenters. The molecule has 0 amide bonds. The van der Waals surface area contributed by atoms with Crippen molar-refractivity contribution < 1.29 is 8.42 Å². The topological polar surface area (TPSA) is 55.9 Å². The van der Waals surface area contributed by atoms with Crippen LogP contribution in [0.15, 0.2) is 24.3 Å². The molecule has 0 spiro atoms. The predicted molar refractivity (Wildman–Crippen MR) is 100 cm³/mol. The first-order valence-electron chi connectivity index (χ1n) is 8.05. The van der Waals surface area contributed by atoms with Gasteiger partial charge in [-0.05, 0) is 24.7 Å². The predicted octanol–water partition coefficient (Wildman–Crippen LogP) is 1.16. The molecule has 1 aromatic carbocycles. The molecule has 2 rings (SSSR count). The van der Waals surface area contributed by atoms with E-state index < -0.39 is 15.2 Å². The highest BCUT2D eigenvalue weighted by Gasteiger charge is 2.25. The Labute approximate surface area is 150 Å². The Morgan fingerprint density at radius 3 is 2.25 bits per heavy atom. The lowest BCUT2D eigenvalue weighted by Gasteiger charge is -2.38. The molecular weight excluding hydrogens is 348 g/mol. The Balaban J connectivity index is 2.18. The molecule has 1 saturated heterocycles. The summed E-state index contributed by atoms with van der Waals surface area (Å²) in [6.45, 7) is 4.13. The molecule has 8 heteroatoms. The maximum atomic E-state index is 11.7. The van der Waals surface area contributed by atoms with Gasteiger partial charge in [0.15, 0.2) is 0 Å². The average Bonchev–Trinajstić information content (AvgIpc) is 2.57. The summed E-state index contributed by atoms with van der Waals surface area (Å²) in [7, 11) is 2.69. The number of benzene rings is 1. The Morgan fingerprint density at radius 1 is 1.17 bits per heavy atom. The first kappa shape index (κ1) is 19.5. The number of piperazine rings is 1. The van der Waals surface area contributed by atoms with Crippen LogP contribution in [-0.2, 0) is 10.0 Å². The van der Waals surface area contributed by atoms with Crippen molar-refractivity contribution in [2.45, 2.75) is 6.04 Å². The minimum Gasteiger partial charge on any atom is -0.378 e. The second kappa shape index (κ2) is 8.49. The van der Waals surface area contributed by atoms with E-state index in [4.69, 9.17) is 11.6 Å². The smallest absolute Gasteiger partial charge is 0.225 e. The van der Waals surface area contributed by atoms with E-state index in [9.17, 15) is 8.42 Å². The lowest BCUT2D eigenvalue weighted by atomic mass is 10.0. The van der Waals surface area contributed by atoms with E-state index in [0.717, 1.165) is 37.4 Å². The van der Waals surface area contributed by atoms with Crippen LogP contribution >= 0.6 is 11.6 Å². The Kier molecular flexibility index (Phi) is 6.88. The van der Waals surface area contributed by atoms with Crippen molar-refractivity contribution in [1.29, 1.82) is 0 Å². The molecular formula is C16H27ClN4O2S. The maximum Gasteiger partial charge on any atom is 0.225 e. The fourth-order valence-corrected chi connectivity index (χ4v) is 3.55. The number of likely N-dealkylation sites (N-methyl/N-ethyl adjacent to an activating group) is 1. The van der Waals surface area contributed by atoms with Gasteiger partial charge in [-0.1, -0.05) is 12.1 Å². The Hall–Kier alpha value is -0.860. The number of halogens is 1. The van der Waals surface area contributed by atoms with Crippen LogP contribution < -0.4 is 9.62 Å². The number of nitrogens with zero attached hydrogens (tertiary/aromatic N) is 3. The van der Waals surface area contributed by atoms with Crippen molar-refractivity contribution in [2.75, 3.05) is 64.0 Å². The van der Waals surface area contributed by atoms with E-state index in [1.165, 1.54) is 0 Å². The molecule has 24 heavy (non-hydrogen) atoms. The van der Waals surface area contributed by atoms with Crippen LogP contribution in [-0.4, -0.2) is 77.3 Å². The second-order valence-corrected chi connectivity index (χ2v) is 8.80. The van der Waals surface area contributed by atoms with Crippen molar-refractivity contribution in [2.24, 2.45) is 0 Å². The zero-order chi connectivity index (χ0) is 17.7. The maximum absolute atomic E-state index is 11.7. The van der Waals surface area contributed by atoms with E-state index in [-0.39, 0.29) is 6.04 Å². The number of anilines is 1. The van der Waals surface area contributed by atoms with Crippen LogP contribution in [0.1, 0.15) is 11.6 Å². The van der Waals surface area contributed by atoms with Gasteiger partial charge in [0.05, 0.1) is 0 Å². The van der Waals surface area contributed by atoms with Gasteiger partial charge in [0.25, 0.3) is 0 Å². The van der Waals surface area contributed by atoms with E-state index in [1.54, 1.807) is 0 Å². The first-order chi connectivity index (χ1) is 11.3. The molecule has 1 heterocycles. The standard InChI is InChI=1S/C16H27ClN4O2S/c1-19(2)15-6-4-14(5-7-15)16(12-18-24(22,23)13-17)21-10-8-20(3)9-11-21/h4-7,16,18H,8-13H2,1-3H3/t16-/m1/s1. The molecule has 1 fully saturated rings. The largest absolute Gasteiger partial charge is 0.378 e. The quantitative estimate of drug-likeness (QED) is 0.726. The van der Waals surface area contributed by atoms with Crippen molar-refractivity contribution in [3.05, 3.63) is 29.8 Å². The third kappa shape index (κ3) is 5.32. The van der Waals surface area contributed by atoms with Gasteiger partial charge in [-0.25, -0.2) is 13.1 Å². The summed E-state index contributed by atoms with van der Waals surface area (Å²) in [5, 5.41) is -0.415. The molecule has 1 aromatic rings. The van der Waals surface area contributed by atoms with E-state index >= 15 is 0 Å². The SMILES string of the molecule is CN1CCN([C@H](CNS(=O)(=O)CCl)c2ccc(N(C)C)cc2)CC1. The third-order valence-electron chi connectivity index (χ3n) is 4.41. The summed E-state index contributed by atoms with van der Waals surface area (Å²) in [6.07, 6.45) is 0. The van der Waals surface area contributed by atoms with Gasteiger partial charge in [0, 0.05) is 58.5 Å². The lowest BCUT2D eigenvalue weighted by Crippen LogP contribution is -2.48. The molecule has 1 N–H and O–H groups in total. The van der Waals surface area contributed by atoms with Crippen molar-refractivity contribution >= 4 is 27.3 Å². The van der Waals surface area contributed by atoms with E-state index in [1.807, 2.05) is 19.0 Å². The average molecular weight is 375 g/mol. The van der Waals surface area contributed by atoms with Crippen LogP contribution in [0.3, 0.4) is 0 Å². The normalized spacial score (nSPS) is 18.5. The summed E-state index contributed by atoms with van der Waals surface area (Å²) in [5.41, 5.74) is 2.24. The molecule has 1 aliphatic rings. The van der Waals surface area contributed by atoms with Gasteiger partial charge < -0.3 is 9.80 Å². The van der Waals surface area contributed by atoms with E-state index in [0.29, 0.717) is 6.54 Å². The van der Waals surface area contributed by atoms with Crippen LogP contribution in [0.25, 0.3) is 0 Å². The van der Waals surface area contributed by atoms with Gasteiger partial charge in [0.1, 0.15) is 5.21 Å². The lowest BCUT2D eigenvalue weighted by molar-refractivity contribution is 0.113. The van der Waals surface area contributed by atoms with Crippen molar-refractivity contribution in [3.8, 4) is 0 Å². The summed E-state index contributed by atoms with van der Waals surface area (Å²) in [4.78, 5) is 6.66. The number of hydrogen-bond donors (Lipinski definition) is 1. The van der Waals surface area contributed by atoms with Crippen LogP contribution in [0.5, 0.6) is 0 Å². The molecule has 136 valence electrons. The van der Waals surface area contributed by atoms with Gasteiger partial charge in [-0.15, -0.1) is 11.6 Å². The Bertz CT molecular complexity index is 613. The summed E-state index contributed by atoms with van der Waals surface area (Å²) < 4.78 is 26.1. The van der Waals surface area contributed by atoms with Gasteiger partial charge >= 0.3 is 0 Å². The third-order valence-corrected chi connectivity index (χ3v) is 6.17. The van der Waals surface area contributed by atoms with Gasteiger partial charge in [-0.2, -0.15) is 0 Å². The van der Waals surface area contributed by atoms with Crippen molar-refractivity contribution in [1.82, 2.24) is 14.5 Å². The molecule has 0 aliphatic carbocycles. The van der Waals surface area contributed by atoms with Crippen LogP contribution in [0.4, 0.5) is 5.69 Å². The Morgan fingerprint density at radius 2 is 1.75 bits per heavy atom. The molecule has 1 aliphatic heterocycles. The molecule has 1 atom stereocenters. The molecule has 0 bridgehead atoms. The number of rotatable bonds is 7. The van der Waals surface area contributed by atoms with Gasteiger partial charge in [-0.3, -0.25) is 4.90 Å². The minimum atomic E-state index is -3.42. The summed E-state index contributed by atoms with van der Waals surface area (Å²) in [6, 6.07) is 8.29.